The lowest BCUT2D eigenvalue weighted by atomic mass is 9.73. The molecule has 0 aliphatic carbocycles. The number of hydrogen-bond acceptors (Lipinski definition) is 2. The lowest BCUT2D eigenvalue weighted by molar-refractivity contribution is -0.307. The minimum absolute atomic E-state index is 0.0469. The molecular weight excluding hydrogens is 140 g/mol. The highest BCUT2D eigenvalue weighted by atomic mass is 16.6. The third-order valence-corrected chi connectivity index (χ3v) is 2.56. The smallest absolute Gasteiger partial charge is 0.0969 e. The average Bonchev–Trinajstić information content (AvgIpc) is 1.55. The van der Waals surface area contributed by atoms with Gasteiger partial charge in [0.1, 0.15) is 0 Å². The van der Waals surface area contributed by atoms with E-state index in [1.54, 1.807) is 13.8 Å². The highest BCUT2D eigenvalue weighted by Gasteiger charge is 2.55. The normalized spacial score (nSPS) is 36.5. The predicted molar refractivity (Wildman–Crippen MR) is 44.5 cm³/mol. The minimum Gasteiger partial charge on any atom is -0.387 e. The maximum absolute atomic E-state index is 9.70. The summed E-state index contributed by atoms with van der Waals surface area (Å²) < 4.78 is 5.63. The van der Waals surface area contributed by atoms with E-state index in [4.69, 9.17) is 4.74 Å². The van der Waals surface area contributed by atoms with Gasteiger partial charge in [-0.3, -0.25) is 0 Å². The van der Waals surface area contributed by atoms with Crippen LogP contribution >= 0.6 is 0 Å². The van der Waals surface area contributed by atoms with Gasteiger partial charge in [0.15, 0.2) is 0 Å². The third-order valence-electron chi connectivity index (χ3n) is 2.56. The van der Waals surface area contributed by atoms with Crippen LogP contribution in [-0.2, 0) is 4.74 Å². The van der Waals surface area contributed by atoms with Gasteiger partial charge in [-0.25, -0.2) is 0 Å². The van der Waals surface area contributed by atoms with Crippen LogP contribution in [0, 0.1) is 0 Å². The van der Waals surface area contributed by atoms with Crippen LogP contribution < -0.4 is 0 Å². The molecule has 1 rings (SSSR count). The molecule has 1 saturated heterocycles. The van der Waals surface area contributed by atoms with Crippen molar-refractivity contribution in [1.29, 1.82) is 0 Å². The zero-order valence-electron chi connectivity index (χ0n) is 8.06. The minimum atomic E-state index is -0.734. The molecule has 1 aliphatic heterocycles. The molecule has 0 amide bonds. The summed E-state index contributed by atoms with van der Waals surface area (Å²) >= 11 is 0. The molecule has 0 bridgehead atoms. The van der Waals surface area contributed by atoms with Crippen LogP contribution in [0.1, 0.15) is 41.0 Å². The molecule has 0 aromatic rings. The fourth-order valence-electron chi connectivity index (χ4n) is 1.76. The summed E-state index contributed by atoms with van der Waals surface area (Å²) in [6.45, 7) is 9.63. The summed E-state index contributed by atoms with van der Waals surface area (Å²) in [7, 11) is 0. The van der Waals surface area contributed by atoms with Gasteiger partial charge in [0, 0.05) is 6.42 Å². The SMILES string of the molecule is CC1(C)CC(C)(C(C)(C)O)O1. The van der Waals surface area contributed by atoms with Gasteiger partial charge in [0.05, 0.1) is 16.8 Å². The van der Waals surface area contributed by atoms with Crippen molar-refractivity contribution < 1.29 is 9.84 Å². The quantitative estimate of drug-likeness (QED) is 0.629. The molecular formula is C9H18O2. The molecule has 0 radical (unpaired) electrons. The van der Waals surface area contributed by atoms with Crippen LogP contribution in [0.4, 0.5) is 0 Å². The van der Waals surface area contributed by atoms with Gasteiger partial charge in [-0.05, 0) is 34.6 Å². The third kappa shape index (κ3) is 1.42. The number of ether oxygens (including phenoxy) is 1. The topological polar surface area (TPSA) is 29.5 Å². The van der Waals surface area contributed by atoms with Crippen molar-refractivity contribution in [2.75, 3.05) is 0 Å². The van der Waals surface area contributed by atoms with Gasteiger partial charge >= 0.3 is 0 Å². The van der Waals surface area contributed by atoms with E-state index in [0.717, 1.165) is 6.42 Å². The highest BCUT2D eigenvalue weighted by molar-refractivity contribution is 5.04. The molecule has 1 N–H and O–H groups in total. The number of aliphatic hydroxyl groups is 1. The van der Waals surface area contributed by atoms with Gasteiger partial charge in [-0.15, -0.1) is 0 Å². The lowest BCUT2D eigenvalue weighted by Gasteiger charge is -2.56. The van der Waals surface area contributed by atoms with Crippen LogP contribution in [-0.4, -0.2) is 21.9 Å². The number of hydrogen-bond donors (Lipinski definition) is 1. The first-order valence-electron chi connectivity index (χ1n) is 4.09. The Morgan fingerprint density at radius 1 is 1.27 bits per heavy atom. The summed E-state index contributed by atoms with van der Waals surface area (Å²) in [4.78, 5) is 0. The molecule has 0 spiro atoms. The molecule has 0 saturated carbocycles. The average molecular weight is 158 g/mol. The standard InChI is InChI=1S/C9H18O2/c1-7(2)6-9(5,11-7)8(3,4)10/h10H,6H2,1-5H3. The second-order valence-corrected chi connectivity index (χ2v) is 4.83. The lowest BCUT2D eigenvalue weighted by Crippen LogP contribution is -2.65. The highest BCUT2D eigenvalue weighted by Crippen LogP contribution is 2.46. The molecule has 1 atom stereocenters. The molecule has 2 heteroatoms. The summed E-state index contributed by atoms with van der Waals surface area (Å²) in [6, 6.07) is 0. The maximum Gasteiger partial charge on any atom is 0.0969 e. The Morgan fingerprint density at radius 2 is 1.64 bits per heavy atom. The molecule has 2 nitrogen and oxygen atoms in total. The molecule has 11 heavy (non-hydrogen) atoms. The van der Waals surface area contributed by atoms with E-state index in [9.17, 15) is 5.11 Å². The van der Waals surface area contributed by atoms with E-state index in [1.165, 1.54) is 0 Å². The van der Waals surface area contributed by atoms with E-state index in [-0.39, 0.29) is 11.2 Å². The first-order valence-corrected chi connectivity index (χ1v) is 4.09. The molecule has 66 valence electrons. The van der Waals surface area contributed by atoms with Crippen molar-refractivity contribution >= 4 is 0 Å². The van der Waals surface area contributed by atoms with Crippen molar-refractivity contribution in [1.82, 2.24) is 0 Å². The maximum atomic E-state index is 9.70. The van der Waals surface area contributed by atoms with Crippen LogP contribution in [0.15, 0.2) is 0 Å². The molecule has 0 aromatic carbocycles. The Labute approximate surface area is 68.6 Å². The van der Waals surface area contributed by atoms with E-state index in [0.29, 0.717) is 0 Å². The molecule has 1 aliphatic rings. The monoisotopic (exact) mass is 158 g/mol. The predicted octanol–water partition coefficient (Wildman–Crippen LogP) is 1.71. The zero-order chi connectivity index (χ0) is 8.91. The van der Waals surface area contributed by atoms with Gasteiger partial charge in [0.2, 0.25) is 0 Å². The van der Waals surface area contributed by atoms with Gasteiger partial charge in [-0.1, -0.05) is 0 Å². The van der Waals surface area contributed by atoms with Crippen molar-refractivity contribution in [3.8, 4) is 0 Å². The van der Waals surface area contributed by atoms with E-state index in [2.05, 4.69) is 0 Å². The van der Waals surface area contributed by atoms with Crippen LogP contribution in [0.5, 0.6) is 0 Å². The molecule has 0 aromatic heterocycles. The summed E-state index contributed by atoms with van der Waals surface area (Å²) in [5.74, 6) is 0. The first-order chi connectivity index (χ1) is 4.66. The summed E-state index contributed by atoms with van der Waals surface area (Å²) in [6.07, 6.45) is 0.920. The zero-order valence-corrected chi connectivity index (χ0v) is 8.06. The Bertz CT molecular complexity index is 157. The van der Waals surface area contributed by atoms with E-state index < -0.39 is 5.60 Å². The molecule has 1 fully saturated rings. The van der Waals surface area contributed by atoms with Crippen molar-refractivity contribution in [3.05, 3.63) is 0 Å². The Balaban J connectivity index is 2.64. The second kappa shape index (κ2) is 1.99. The van der Waals surface area contributed by atoms with Crippen LogP contribution in [0.25, 0.3) is 0 Å². The molecule has 1 heterocycles. The van der Waals surface area contributed by atoms with E-state index in [1.807, 2.05) is 20.8 Å². The van der Waals surface area contributed by atoms with Crippen molar-refractivity contribution in [3.63, 3.8) is 0 Å². The fraction of sp³-hybridized carbons (Fsp3) is 1.00. The second-order valence-electron chi connectivity index (χ2n) is 4.83. The largest absolute Gasteiger partial charge is 0.387 e. The van der Waals surface area contributed by atoms with Gasteiger partial charge in [0.25, 0.3) is 0 Å². The Hall–Kier alpha value is -0.0800. The Morgan fingerprint density at radius 3 is 1.73 bits per heavy atom. The summed E-state index contributed by atoms with van der Waals surface area (Å²) in [5.41, 5.74) is -1.13. The van der Waals surface area contributed by atoms with Crippen molar-refractivity contribution in [2.45, 2.75) is 57.8 Å². The van der Waals surface area contributed by atoms with E-state index >= 15 is 0 Å². The number of rotatable bonds is 1. The van der Waals surface area contributed by atoms with Crippen molar-refractivity contribution in [2.24, 2.45) is 0 Å². The fourth-order valence-corrected chi connectivity index (χ4v) is 1.76. The van der Waals surface area contributed by atoms with Crippen LogP contribution in [0.2, 0.25) is 0 Å². The van der Waals surface area contributed by atoms with Gasteiger partial charge < -0.3 is 9.84 Å². The molecule has 1 unspecified atom stereocenters. The summed E-state index contributed by atoms with van der Waals surface area (Å²) in [5, 5.41) is 9.70. The van der Waals surface area contributed by atoms with Crippen LogP contribution in [0.3, 0.4) is 0 Å². The first kappa shape index (κ1) is 9.01. The van der Waals surface area contributed by atoms with Gasteiger partial charge in [-0.2, -0.15) is 0 Å². The Kier molecular flexibility index (Phi) is 1.63.